The fraction of sp³-hybridized carbons (Fsp3) is 0.211. The molecule has 0 bridgehead atoms. The third kappa shape index (κ3) is 3.54. The summed E-state index contributed by atoms with van der Waals surface area (Å²) in [5.74, 6) is -0.519. The van der Waals surface area contributed by atoms with Crippen LogP contribution in [0, 0.1) is 5.82 Å². The standard InChI is InChI=1S/C19H19FN2O3S/c1-2-10-22-12-17(14-4-3-5-15(20)11-14)18(19(22)23)13-6-8-16(9-7-13)26(21,24)25/h3-9,11H,2,10,12H2,1H3,(H2,21,24,25). The second-order valence-corrected chi connectivity index (χ2v) is 7.72. The maximum Gasteiger partial charge on any atom is 0.255 e. The maximum atomic E-state index is 13.7. The summed E-state index contributed by atoms with van der Waals surface area (Å²) in [5.41, 5.74) is 2.42. The molecule has 0 aliphatic carbocycles. The van der Waals surface area contributed by atoms with Gasteiger partial charge in [0.15, 0.2) is 0 Å². The van der Waals surface area contributed by atoms with Crippen LogP contribution in [0.1, 0.15) is 24.5 Å². The Hall–Kier alpha value is -2.51. The summed E-state index contributed by atoms with van der Waals surface area (Å²) in [6.45, 7) is 2.97. The normalized spacial score (nSPS) is 15.0. The predicted octanol–water partition coefficient (Wildman–Crippen LogP) is 2.64. The summed E-state index contributed by atoms with van der Waals surface area (Å²) in [5, 5.41) is 5.13. The monoisotopic (exact) mass is 374 g/mol. The van der Waals surface area contributed by atoms with Gasteiger partial charge >= 0.3 is 0 Å². The minimum Gasteiger partial charge on any atom is -0.334 e. The molecule has 3 rings (SSSR count). The number of halogens is 1. The molecule has 2 aromatic rings. The molecule has 1 heterocycles. The lowest BCUT2D eigenvalue weighted by Crippen LogP contribution is -2.27. The van der Waals surface area contributed by atoms with E-state index in [1.54, 1.807) is 29.2 Å². The third-order valence-electron chi connectivity index (χ3n) is 4.29. The molecule has 26 heavy (non-hydrogen) atoms. The van der Waals surface area contributed by atoms with Crippen molar-refractivity contribution >= 4 is 27.1 Å². The van der Waals surface area contributed by atoms with Crippen LogP contribution in [0.5, 0.6) is 0 Å². The minimum atomic E-state index is -3.81. The van der Waals surface area contributed by atoms with Crippen molar-refractivity contribution in [3.05, 3.63) is 65.5 Å². The highest BCUT2D eigenvalue weighted by Crippen LogP contribution is 2.35. The smallest absolute Gasteiger partial charge is 0.255 e. The van der Waals surface area contributed by atoms with Crippen LogP contribution in [0.4, 0.5) is 4.39 Å². The van der Waals surface area contributed by atoms with E-state index in [2.05, 4.69) is 0 Å². The summed E-state index contributed by atoms with van der Waals surface area (Å²) in [4.78, 5) is 14.6. The predicted molar refractivity (Wildman–Crippen MR) is 97.9 cm³/mol. The molecule has 0 unspecified atom stereocenters. The SMILES string of the molecule is CCCN1CC(c2cccc(F)c2)=C(c2ccc(S(N)(=O)=O)cc2)C1=O. The Labute approximate surface area is 152 Å². The number of hydrogen-bond donors (Lipinski definition) is 1. The van der Waals surface area contributed by atoms with E-state index in [1.165, 1.54) is 24.3 Å². The molecule has 0 spiro atoms. The fourth-order valence-electron chi connectivity index (χ4n) is 3.10. The summed E-state index contributed by atoms with van der Waals surface area (Å²) in [6.07, 6.45) is 0.805. The number of primary sulfonamides is 1. The highest BCUT2D eigenvalue weighted by atomic mass is 32.2. The first-order valence-corrected chi connectivity index (χ1v) is 9.77. The van der Waals surface area contributed by atoms with E-state index in [-0.39, 0.29) is 16.6 Å². The van der Waals surface area contributed by atoms with Crippen molar-refractivity contribution in [1.29, 1.82) is 0 Å². The van der Waals surface area contributed by atoms with Gasteiger partial charge in [0.1, 0.15) is 5.82 Å². The molecule has 0 aromatic heterocycles. The first-order valence-electron chi connectivity index (χ1n) is 8.23. The van der Waals surface area contributed by atoms with Gasteiger partial charge in [-0.3, -0.25) is 4.79 Å². The average Bonchev–Trinajstić information content (AvgIpc) is 2.91. The summed E-state index contributed by atoms with van der Waals surface area (Å²) >= 11 is 0. The highest BCUT2D eigenvalue weighted by Gasteiger charge is 2.31. The Morgan fingerprint density at radius 2 is 1.81 bits per heavy atom. The van der Waals surface area contributed by atoms with Crippen molar-refractivity contribution in [3.8, 4) is 0 Å². The van der Waals surface area contributed by atoms with Crippen LogP contribution < -0.4 is 5.14 Å². The second-order valence-electron chi connectivity index (χ2n) is 6.16. The molecule has 2 N–H and O–H groups in total. The van der Waals surface area contributed by atoms with Gasteiger partial charge in [-0.25, -0.2) is 17.9 Å². The topological polar surface area (TPSA) is 80.5 Å². The van der Waals surface area contributed by atoms with E-state index >= 15 is 0 Å². The number of nitrogens with two attached hydrogens (primary N) is 1. The average molecular weight is 374 g/mol. The van der Waals surface area contributed by atoms with Crippen molar-refractivity contribution in [2.75, 3.05) is 13.1 Å². The number of nitrogens with zero attached hydrogens (tertiary/aromatic N) is 1. The van der Waals surface area contributed by atoms with Crippen molar-refractivity contribution in [2.45, 2.75) is 18.2 Å². The largest absolute Gasteiger partial charge is 0.334 e. The number of hydrogen-bond acceptors (Lipinski definition) is 3. The zero-order chi connectivity index (χ0) is 18.9. The zero-order valence-corrected chi connectivity index (χ0v) is 15.1. The quantitative estimate of drug-likeness (QED) is 0.874. The van der Waals surface area contributed by atoms with Gasteiger partial charge in [-0.15, -0.1) is 0 Å². The lowest BCUT2D eigenvalue weighted by Gasteiger charge is -2.15. The van der Waals surface area contributed by atoms with E-state index in [0.717, 1.165) is 12.0 Å². The first-order chi connectivity index (χ1) is 12.3. The first kappa shape index (κ1) is 18.3. The Kier molecular flexibility index (Phi) is 4.93. The van der Waals surface area contributed by atoms with E-state index in [1.807, 2.05) is 6.92 Å². The molecule has 0 atom stereocenters. The molecule has 7 heteroatoms. The molecule has 0 saturated heterocycles. The van der Waals surface area contributed by atoms with Crippen LogP contribution in [0.25, 0.3) is 11.1 Å². The summed E-state index contributed by atoms with van der Waals surface area (Å²) < 4.78 is 36.6. The van der Waals surface area contributed by atoms with Gasteiger partial charge in [0.25, 0.3) is 5.91 Å². The molecule has 0 fully saturated rings. The highest BCUT2D eigenvalue weighted by molar-refractivity contribution is 7.89. The molecular weight excluding hydrogens is 355 g/mol. The maximum absolute atomic E-state index is 13.7. The molecule has 5 nitrogen and oxygen atoms in total. The van der Waals surface area contributed by atoms with Crippen LogP contribution in [-0.4, -0.2) is 32.3 Å². The molecule has 1 amide bonds. The lowest BCUT2D eigenvalue weighted by atomic mass is 9.97. The lowest BCUT2D eigenvalue weighted by molar-refractivity contribution is -0.123. The molecule has 2 aromatic carbocycles. The molecular formula is C19H19FN2O3S. The summed E-state index contributed by atoms with van der Waals surface area (Å²) in [7, 11) is -3.81. The van der Waals surface area contributed by atoms with E-state index in [4.69, 9.17) is 5.14 Å². The van der Waals surface area contributed by atoms with Crippen LogP contribution in [-0.2, 0) is 14.8 Å². The van der Waals surface area contributed by atoms with E-state index < -0.39 is 10.0 Å². The van der Waals surface area contributed by atoms with Crippen molar-refractivity contribution in [3.63, 3.8) is 0 Å². The number of carbonyl (C=O) groups excluding carboxylic acids is 1. The van der Waals surface area contributed by atoms with Gasteiger partial charge in [-0.1, -0.05) is 31.2 Å². The summed E-state index contributed by atoms with van der Waals surface area (Å²) in [6, 6.07) is 12.0. The van der Waals surface area contributed by atoms with E-state index in [0.29, 0.717) is 29.8 Å². The van der Waals surface area contributed by atoms with Crippen LogP contribution in [0.2, 0.25) is 0 Å². The van der Waals surface area contributed by atoms with Crippen molar-refractivity contribution in [1.82, 2.24) is 4.90 Å². The van der Waals surface area contributed by atoms with Gasteiger partial charge in [-0.2, -0.15) is 0 Å². The van der Waals surface area contributed by atoms with Crippen molar-refractivity contribution in [2.24, 2.45) is 5.14 Å². The van der Waals surface area contributed by atoms with Gasteiger partial charge in [0.05, 0.1) is 10.5 Å². The molecule has 1 aliphatic heterocycles. The fourth-order valence-corrected chi connectivity index (χ4v) is 3.62. The zero-order valence-electron chi connectivity index (χ0n) is 14.3. The van der Waals surface area contributed by atoms with E-state index in [9.17, 15) is 17.6 Å². The van der Waals surface area contributed by atoms with Crippen LogP contribution in [0.3, 0.4) is 0 Å². The minimum absolute atomic E-state index is 0.0231. The number of carbonyl (C=O) groups is 1. The Morgan fingerprint density at radius 1 is 1.12 bits per heavy atom. The third-order valence-corrected chi connectivity index (χ3v) is 5.22. The van der Waals surface area contributed by atoms with Gasteiger partial charge < -0.3 is 4.90 Å². The molecule has 0 saturated carbocycles. The number of sulfonamides is 1. The van der Waals surface area contributed by atoms with Gasteiger partial charge in [0, 0.05) is 13.1 Å². The number of rotatable bonds is 5. The Morgan fingerprint density at radius 3 is 2.38 bits per heavy atom. The number of amides is 1. The van der Waals surface area contributed by atoms with Gasteiger partial charge in [-0.05, 0) is 47.4 Å². The molecule has 136 valence electrons. The molecule has 0 radical (unpaired) electrons. The molecule has 1 aliphatic rings. The van der Waals surface area contributed by atoms with Gasteiger partial charge in [0.2, 0.25) is 10.0 Å². The van der Waals surface area contributed by atoms with Crippen LogP contribution >= 0.6 is 0 Å². The Balaban J connectivity index is 2.11. The number of benzene rings is 2. The Bertz CT molecular complexity index is 982. The second kappa shape index (κ2) is 7.01. The van der Waals surface area contributed by atoms with Crippen LogP contribution in [0.15, 0.2) is 53.4 Å². The van der Waals surface area contributed by atoms with Crippen molar-refractivity contribution < 1.29 is 17.6 Å².